The zero-order chi connectivity index (χ0) is 21.6. The summed E-state index contributed by atoms with van der Waals surface area (Å²) in [5.74, 6) is 4.30. The molecular formula is C24H34N6O. The van der Waals surface area contributed by atoms with Crippen LogP contribution in [0.25, 0.3) is 5.82 Å². The fourth-order valence-corrected chi connectivity index (χ4v) is 6.78. The maximum atomic E-state index is 12.6. The predicted octanol–water partition coefficient (Wildman–Crippen LogP) is 3.72. The van der Waals surface area contributed by atoms with E-state index in [4.69, 9.17) is 0 Å². The van der Waals surface area contributed by atoms with Crippen molar-refractivity contribution in [2.45, 2.75) is 65.7 Å². The molecule has 0 saturated heterocycles. The van der Waals surface area contributed by atoms with Gasteiger partial charge in [-0.2, -0.15) is 5.10 Å². The van der Waals surface area contributed by atoms with Crippen molar-refractivity contribution in [3.63, 3.8) is 0 Å². The molecule has 0 radical (unpaired) electrons. The lowest BCUT2D eigenvalue weighted by atomic mass is 9.49. The number of nitrogens with one attached hydrogen (secondary N) is 2. The van der Waals surface area contributed by atoms with Crippen LogP contribution >= 0.6 is 0 Å². The number of carbonyl (C=O) groups excluding carboxylic acids is 1. The summed E-state index contributed by atoms with van der Waals surface area (Å²) in [5, 5.41) is 19.5. The molecule has 2 aromatic heterocycles. The van der Waals surface area contributed by atoms with Gasteiger partial charge in [-0.3, -0.25) is 4.79 Å². The first-order chi connectivity index (χ1) is 14.9. The van der Waals surface area contributed by atoms with E-state index in [1.54, 1.807) is 0 Å². The molecule has 1 amide bonds. The lowest BCUT2D eigenvalue weighted by Gasteiger charge is -2.56. The largest absolute Gasteiger partial charge is 0.367 e. The number of carbonyl (C=O) groups is 1. The fourth-order valence-electron chi connectivity index (χ4n) is 6.78. The second kappa shape index (κ2) is 7.92. The SMILES string of the molecule is Cc1nn(-c2ccc(NCCNC(=O)CC34CC5CC(CC(C5)C3)C4)nn2)c(C)c1C. The highest BCUT2D eigenvalue weighted by molar-refractivity contribution is 5.76. The Labute approximate surface area is 184 Å². The van der Waals surface area contributed by atoms with Gasteiger partial charge >= 0.3 is 0 Å². The highest BCUT2D eigenvalue weighted by atomic mass is 16.1. The molecule has 4 aliphatic carbocycles. The van der Waals surface area contributed by atoms with Crippen LogP contribution in [0, 0.1) is 43.9 Å². The summed E-state index contributed by atoms with van der Waals surface area (Å²) in [6.07, 6.45) is 8.81. The minimum atomic E-state index is 0.213. The smallest absolute Gasteiger partial charge is 0.220 e. The van der Waals surface area contributed by atoms with Crippen LogP contribution in [0.15, 0.2) is 12.1 Å². The monoisotopic (exact) mass is 422 g/mol. The number of aryl methyl sites for hydroxylation is 1. The second-order valence-corrected chi connectivity index (χ2v) is 10.4. The van der Waals surface area contributed by atoms with Crippen LogP contribution < -0.4 is 10.6 Å². The molecule has 2 heterocycles. The summed E-state index contributed by atoms with van der Waals surface area (Å²) < 4.78 is 1.83. The summed E-state index contributed by atoms with van der Waals surface area (Å²) in [6.45, 7) is 7.34. The van der Waals surface area contributed by atoms with Gasteiger partial charge in [0, 0.05) is 25.2 Å². The maximum absolute atomic E-state index is 12.6. The number of nitrogens with zero attached hydrogens (tertiary/aromatic N) is 4. The van der Waals surface area contributed by atoms with E-state index in [2.05, 4.69) is 32.9 Å². The average molecular weight is 423 g/mol. The number of hydrogen-bond donors (Lipinski definition) is 2. The number of rotatable bonds is 7. The molecule has 0 aliphatic heterocycles. The van der Waals surface area contributed by atoms with Gasteiger partial charge in [0.1, 0.15) is 5.82 Å². The molecule has 7 heteroatoms. The minimum Gasteiger partial charge on any atom is -0.367 e. The summed E-state index contributed by atoms with van der Waals surface area (Å²) in [4.78, 5) is 12.6. The van der Waals surface area contributed by atoms with E-state index in [0.29, 0.717) is 36.6 Å². The topological polar surface area (TPSA) is 84.7 Å². The Morgan fingerprint density at radius 2 is 1.71 bits per heavy atom. The lowest BCUT2D eigenvalue weighted by Crippen LogP contribution is -2.48. The molecule has 0 unspecified atom stereocenters. The Morgan fingerprint density at radius 1 is 1.03 bits per heavy atom. The highest BCUT2D eigenvalue weighted by Crippen LogP contribution is 2.61. The van der Waals surface area contributed by atoms with E-state index in [1.165, 1.54) is 44.1 Å². The molecule has 0 atom stereocenters. The van der Waals surface area contributed by atoms with Crippen LogP contribution in [-0.2, 0) is 4.79 Å². The quantitative estimate of drug-likeness (QED) is 0.664. The van der Waals surface area contributed by atoms with Crippen LogP contribution in [0.4, 0.5) is 5.82 Å². The summed E-state index contributed by atoms with van der Waals surface area (Å²) in [6, 6.07) is 3.82. The summed E-state index contributed by atoms with van der Waals surface area (Å²) >= 11 is 0. The van der Waals surface area contributed by atoms with Gasteiger partial charge in [-0.05, 0) is 100 Å². The molecule has 166 valence electrons. The zero-order valence-electron chi connectivity index (χ0n) is 18.9. The Kier molecular flexibility index (Phi) is 5.22. The van der Waals surface area contributed by atoms with Crippen LogP contribution in [0.5, 0.6) is 0 Å². The van der Waals surface area contributed by atoms with Gasteiger partial charge in [0.2, 0.25) is 5.91 Å². The summed E-state index contributed by atoms with van der Waals surface area (Å²) in [5.41, 5.74) is 3.56. The second-order valence-electron chi connectivity index (χ2n) is 10.4. The van der Waals surface area contributed by atoms with Crippen LogP contribution in [0.2, 0.25) is 0 Å². The minimum absolute atomic E-state index is 0.213. The van der Waals surface area contributed by atoms with E-state index in [0.717, 1.165) is 29.1 Å². The molecule has 6 rings (SSSR count). The lowest BCUT2D eigenvalue weighted by molar-refractivity contribution is -0.129. The number of anilines is 1. The van der Waals surface area contributed by atoms with Gasteiger partial charge in [-0.15, -0.1) is 10.2 Å². The predicted molar refractivity (Wildman–Crippen MR) is 120 cm³/mol. The van der Waals surface area contributed by atoms with Gasteiger partial charge in [0.15, 0.2) is 5.82 Å². The number of amides is 1. The first-order valence-electron chi connectivity index (χ1n) is 11.8. The van der Waals surface area contributed by atoms with Crippen LogP contribution in [0.1, 0.15) is 61.9 Å². The van der Waals surface area contributed by atoms with Crippen molar-refractivity contribution in [2.24, 2.45) is 23.2 Å². The fraction of sp³-hybridized carbons (Fsp3) is 0.667. The van der Waals surface area contributed by atoms with E-state index in [9.17, 15) is 4.79 Å². The Hall–Kier alpha value is -2.44. The number of hydrogen-bond acceptors (Lipinski definition) is 5. The first kappa shape index (κ1) is 20.5. The third-order valence-corrected chi connectivity index (χ3v) is 7.97. The molecular weight excluding hydrogens is 388 g/mol. The van der Waals surface area contributed by atoms with Crippen molar-refractivity contribution in [3.8, 4) is 5.82 Å². The van der Waals surface area contributed by atoms with Gasteiger partial charge in [-0.1, -0.05) is 0 Å². The Bertz CT molecular complexity index is 928. The van der Waals surface area contributed by atoms with Crippen LogP contribution in [0.3, 0.4) is 0 Å². The van der Waals surface area contributed by atoms with Crippen molar-refractivity contribution in [1.29, 1.82) is 0 Å². The molecule has 0 aromatic carbocycles. The highest BCUT2D eigenvalue weighted by Gasteiger charge is 2.51. The third-order valence-electron chi connectivity index (χ3n) is 7.97. The molecule has 7 nitrogen and oxygen atoms in total. The van der Waals surface area contributed by atoms with Gasteiger partial charge in [0.25, 0.3) is 0 Å². The first-order valence-corrected chi connectivity index (χ1v) is 11.8. The van der Waals surface area contributed by atoms with Crippen molar-refractivity contribution in [3.05, 3.63) is 29.1 Å². The van der Waals surface area contributed by atoms with Crippen molar-refractivity contribution < 1.29 is 4.79 Å². The van der Waals surface area contributed by atoms with E-state index in [-0.39, 0.29) is 5.91 Å². The zero-order valence-corrected chi connectivity index (χ0v) is 18.9. The Balaban J connectivity index is 1.08. The standard InChI is InChI=1S/C24H34N6O/c1-15-16(2)29-30(17(15)3)22-5-4-21(27-28-22)25-6-7-26-23(31)14-24-11-18-8-19(12-24)10-20(9-18)13-24/h4-5,18-20H,6-14H2,1-3H3,(H,25,27)(H,26,31). The van der Waals surface area contributed by atoms with E-state index in [1.807, 2.05) is 30.7 Å². The van der Waals surface area contributed by atoms with Gasteiger partial charge in [-0.25, -0.2) is 4.68 Å². The number of aromatic nitrogens is 4. The molecule has 4 bridgehead atoms. The molecule has 0 spiro atoms. The van der Waals surface area contributed by atoms with Crippen LogP contribution in [-0.4, -0.2) is 39.0 Å². The van der Waals surface area contributed by atoms with E-state index < -0.39 is 0 Å². The molecule has 2 N–H and O–H groups in total. The molecule has 4 saturated carbocycles. The third kappa shape index (κ3) is 4.06. The molecule has 4 aliphatic rings. The maximum Gasteiger partial charge on any atom is 0.220 e. The Morgan fingerprint density at radius 3 is 2.26 bits per heavy atom. The van der Waals surface area contributed by atoms with Crippen molar-refractivity contribution in [2.75, 3.05) is 18.4 Å². The van der Waals surface area contributed by atoms with Gasteiger partial charge in [0.05, 0.1) is 5.69 Å². The molecule has 2 aromatic rings. The summed E-state index contributed by atoms with van der Waals surface area (Å²) in [7, 11) is 0. The molecule has 4 fully saturated rings. The normalized spacial score (nSPS) is 28.7. The van der Waals surface area contributed by atoms with Gasteiger partial charge < -0.3 is 10.6 Å². The van der Waals surface area contributed by atoms with Crippen molar-refractivity contribution in [1.82, 2.24) is 25.3 Å². The van der Waals surface area contributed by atoms with E-state index >= 15 is 0 Å². The van der Waals surface area contributed by atoms with Crippen molar-refractivity contribution >= 4 is 11.7 Å². The molecule has 31 heavy (non-hydrogen) atoms. The average Bonchev–Trinajstić information content (AvgIpc) is 2.98.